The second-order valence-corrected chi connectivity index (χ2v) is 6.03. The molecule has 0 aliphatic carbocycles. The number of aryl methyl sites for hydroxylation is 1. The molecule has 2 aromatic carbocycles. The Kier molecular flexibility index (Phi) is 6.91. The Balaban J connectivity index is 1.62. The third-order valence-corrected chi connectivity index (χ3v) is 3.86. The predicted molar refractivity (Wildman–Crippen MR) is 95.6 cm³/mol. The average molecular weight is 358 g/mol. The number of amides is 1. The minimum absolute atomic E-state index is 0.0392. The highest BCUT2D eigenvalue weighted by Crippen LogP contribution is 2.11. The highest BCUT2D eigenvalue weighted by atomic mass is 79.9. The summed E-state index contributed by atoms with van der Waals surface area (Å²) in [6.45, 7) is 0.719. The summed E-state index contributed by atoms with van der Waals surface area (Å²) in [6, 6.07) is 18.3. The lowest BCUT2D eigenvalue weighted by atomic mass is 10.1. The zero-order valence-electron chi connectivity index (χ0n) is 12.5. The van der Waals surface area contributed by atoms with E-state index in [2.05, 4.69) is 45.5 Å². The van der Waals surface area contributed by atoms with E-state index >= 15 is 0 Å². The van der Waals surface area contributed by atoms with Gasteiger partial charge in [-0.2, -0.15) is 0 Å². The molecule has 0 bridgehead atoms. The second kappa shape index (κ2) is 9.21. The number of nitrogens with one attached hydrogen (secondary N) is 1. The summed E-state index contributed by atoms with van der Waals surface area (Å²) >= 11 is 3.39. The minimum Gasteiger partial charge on any atom is -0.353 e. The van der Waals surface area contributed by atoms with Gasteiger partial charge >= 0.3 is 0 Å². The fourth-order valence-electron chi connectivity index (χ4n) is 2.12. The van der Waals surface area contributed by atoms with Crippen LogP contribution in [0.25, 0.3) is 6.08 Å². The van der Waals surface area contributed by atoms with Crippen molar-refractivity contribution in [1.29, 1.82) is 0 Å². The Bertz CT molecular complexity index is 605. The van der Waals surface area contributed by atoms with Crippen LogP contribution in [0.4, 0.5) is 0 Å². The molecule has 0 saturated heterocycles. The third kappa shape index (κ3) is 6.27. The van der Waals surface area contributed by atoms with Gasteiger partial charge in [0.05, 0.1) is 0 Å². The van der Waals surface area contributed by atoms with Gasteiger partial charge in [0, 0.05) is 17.1 Å². The van der Waals surface area contributed by atoms with Crippen molar-refractivity contribution >= 4 is 27.9 Å². The number of hydrogen-bond acceptors (Lipinski definition) is 1. The minimum atomic E-state index is -0.0392. The van der Waals surface area contributed by atoms with Crippen LogP contribution in [0.2, 0.25) is 0 Å². The van der Waals surface area contributed by atoms with Crippen molar-refractivity contribution in [3.05, 3.63) is 76.3 Å². The molecule has 3 heteroatoms. The van der Waals surface area contributed by atoms with E-state index in [1.165, 1.54) is 5.56 Å². The molecular formula is C19H20BrNO. The first-order valence-electron chi connectivity index (χ1n) is 7.49. The molecule has 1 N–H and O–H groups in total. The van der Waals surface area contributed by atoms with Gasteiger partial charge in [-0.05, 0) is 48.6 Å². The quantitative estimate of drug-likeness (QED) is 0.569. The van der Waals surface area contributed by atoms with Crippen LogP contribution in [0.1, 0.15) is 24.0 Å². The molecule has 0 aliphatic rings. The van der Waals surface area contributed by atoms with Crippen LogP contribution in [0.5, 0.6) is 0 Å². The molecule has 2 nitrogen and oxygen atoms in total. The van der Waals surface area contributed by atoms with E-state index in [1.807, 2.05) is 36.4 Å². The lowest BCUT2D eigenvalue weighted by Gasteiger charge is -2.03. The van der Waals surface area contributed by atoms with Crippen molar-refractivity contribution in [2.75, 3.05) is 6.54 Å². The number of benzene rings is 2. The summed E-state index contributed by atoms with van der Waals surface area (Å²) in [5.74, 6) is -0.0392. The Morgan fingerprint density at radius 1 is 1.00 bits per heavy atom. The fraction of sp³-hybridized carbons (Fsp3) is 0.211. The predicted octanol–water partition coefficient (Wildman–Crippen LogP) is 4.60. The van der Waals surface area contributed by atoms with Crippen LogP contribution in [0, 0.1) is 0 Å². The maximum absolute atomic E-state index is 11.7. The lowest BCUT2D eigenvalue weighted by molar-refractivity contribution is -0.116. The van der Waals surface area contributed by atoms with Crippen LogP contribution in [0.3, 0.4) is 0 Å². The molecular weight excluding hydrogens is 338 g/mol. The van der Waals surface area contributed by atoms with E-state index < -0.39 is 0 Å². The molecule has 0 unspecified atom stereocenters. The Morgan fingerprint density at radius 3 is 2.45 bits per heavy atom. The van der Waals surface area contributed by atoms with Crippen molar-refractivity contribution in [2.45, 2.75) is 19.3 Å². The zero-order chi connectivity index (χ0) is 15.6. The zero-order valence-corrected chi connectivity index (χ0v) is 14.1. The van der Waals surface area contributed by atoms with E-state index in [0.717, 1.165) is 35.8 Å². The molecule has 0 atom stereocenters. The topological polar surface area (TPSA) is 29.1 Å². The SMILES string of the molecule is O=C(/C=C\c1ccc(Br)cc1)NCCCCc1ccccc1. The Hall–Kier alpha value is -1.87. The molecule has 0 spiro atoms. The van der Waals surface area contributed by atoms with E-state index in [1.54, 1.807) is 6.08 Å². The first-order chi connectivity index (χ1) is 10.7. The molecule has 0 aliphatic heterocycles. The van der Waals surface area contributed by atoms with Crippen molar-refractivity contribution in [1.82, 2.24) is 5.32 Å². The largest absolute Gasteiger partial charge is 0.353 e. The van der Waals surface area contributed by atoms with E-state index in [-0.39, 0.29) is 5.91 Å². The van der Waals surface area contributed by atoms with Crippen molar-refractivity contribution in [2.24, 2.45) is 0 Å². The summed E-state index contributed by atoms with van der Waals surface area (Å²) < 4.78 is 1.03. The Labute approximate surface area is 140 Å². The number of unbranched alkanes of at least 4 members (excludes halogenated alkanes) is 1. The first kappa shape index (κ1) is 16.5. The van der Waals surface area contributed by atoms with Gasteiger partial charge in [-0.15, -0.1) is 0 Å². The molecule has 2 rings (SSSR count). The lowest BCUT2D eigenvalue weighted by Crippen LogP contribution is -2.22. The number of carbonyl (C=O) groups is 1. The van der Waals surface area contributed by atoms with Crippen LogP contribution in [-0.4, -0.2) is 12.5 Å². The second-order valence-electron chi connectivity index (χ2n) is 5.12. The van der Waals surface area contributed by atoms with Crippen molar-refractivity contribution < 1.29 is 4.79 Å². The smallest absolute Gasteiger partial charge is 0.243 e. The molecule has 2 aromatic rings. The van der Waals surface area contributed by atoms with Gasteiger partial charge in [0.1, 0.15) is 0 Å². The third-order valence-electron chi connectivity index (χ3n) is 3.33. The molecule has 0 saturated carbocycles. The van der Waals surface area contributed by atoms with Gasteiger partial charge in [0.2, 0.25) is 5.91 Å². The van der Waals surface area contributed by atoms with E-state index in [9.17, 15) is 4.79 Å². The van der Waals surface area contributed by atoms with Crippen LogP contribution in [-0.2, 0) is 11.2 Å². The molecule has 1 amide bonds. The summed E-state index contributed by atoms with van der Waals surface area (Å²) in [6.07, 6.45) is 6.55. The van der Waals surface area contributed by atoms with E-state index in [4.69, 9.17) is 0 Å². The highest BCUT2D eigenvalue weighted by molar-refractivity contribution is 9.10. The van der Waals surface area contributed by atoms with Gasteiger partial charge in [0.15, 0.2) is 0 Å². The van der Waals surface area contributed by atoms with Crippen molar-refractivity contribution in [3.63, 3.8) is 0 Å². The van der Waals surface area contributed by atoms with Crippen molar-refractivity contribution in [3.8, 4) is 0 Å². The van der Waals surface area contributed by atoms with Crippen LogP contribution in [0.15, 0.2) is 65.1 Å². The van der Waals surface area contributed by atoms with Gasteiger partial charge in [-0.1, -0.05) is 58.4 Å². The van der Waals surface area contributed by atoms with Gasteiger partial charge < -0.3 is 5.32 Å². The maximum atomic E-state index is 11.7. The monoisotopic (exact) mass is 357 g/mol. The van der Waals surface area contributed by atoms with E-state index in [0.29, 0.717) is 0 Å². The summed E-state index contributed by atoms with van der Waals surface area (Å²) in [5.41, 5.74) is 2.37. The van der Waals surface area contributed by atoms with Crippen LogP contribution >= 0.6 is 15.9 Å². The van der Waals surface area contributed by atoms with Gasteiger partial charge in [-0.25, -0.2) is 0 Å². The normalized spacial score (nSPS) is 10.8. The Morgan fingerprint density at radius 2 is 1.73 bits per heavy atom. The number of carbonyl (C=O) groups excluding carboxylic acids is 1. The molecule has 0 radical (unpaired) electrons. The summed E-state index contributed by atoms with van der Waals surface area (Å²) in [5, 5.41) is 2.92. The van der Waals surface area contributed by atoms with Crippen LogP contribution < -0.4 is 5.32 Å². The number of rotatable bonds is 7. The summed E-state index contributed by atoms with van der Waals surface area (Å²) in [7, 11) is 0. The molecule has 0 fully saturated rings. The number of hydrogen-bond donors (Lipinski definition) is 1. The molecule has 0 heterocycles. The summed E-state index contributed by atoms with van der Waals surface area (Å²) in [4.78, 5) is 11.7. The van der Waals surface area contributed by atoms with Gasteiger partial charge in [0.25, 0.3) is 0 Å². The average Bonchev–Trinajstić information content (AvgIpc) is 2.55. The first-order valence-corrected chi connectivity index (χ1v) is 8.29. The standard InChI is InChI=1S/C19H20BrNO/c20-18-12-9-17(10-13-18)11-14-19(22)21-15-5-4-8-16-6-2-1-3-7-16/h1-3,6-7,9-14H,4-5,8,15H2,(H,21,22)/b14-11-. The maximum Gasteiger partial charge on any atom is 0.243 e. The highest BCUT2D eigenvalue weighted by Gasteiger charge is 1.96. The molecule has 114 valence electrons. The molecule has 0 aromatic heterocycles. The fourth-order valence-corrected chi connectivity index (χ4v) is 2.38. The molecule has 22 heavy (non-hydrogen) atoms. The van der Waals surface area contributed by atoms with Gasteiger partial charge in [-0.3, -0.25) is 4.79 Å². The number of halogens is 1.